The van der Waals surface area contributed by atoms with Crippen LogP contribution in [0.25, 0.3) is 0 Å². The molecule has 176 valence electrons. The maximum absolute atomic E-state index is 13.9. The fourth-order valence-corrected chi connectivity index (χ4v) is 3.31. The number of esters is 1. The molecule has 0 saturated carbocycles. The Balaban J connectivity index is 1.71. The number of carbonyl (C=O) groups is 3. The molecule has 0 aromatic heterocycles. The third-order valence-electron chi connectivity index (χ3n) is 5.02. The summed E-state index contributed by atoms with van der Waals surface area (Å²) in [6.45, 7) is 1.06. The number of amides is 2. The van der Waals surface area contributed by atoms with Crippen molar-refractivity contribution in [2.45, 2.75) is 19.4 Å². The molecule has 0 spiro atoms. The van der Waals surface area contributed by atoms with Crippen LogP contribution < -0.4 is 15.8 Å². The van der Waals surface area contributed by atoms with Crippen LogP contribution in [0.5, 0.6) is 5.75 Å². The molecule has 3 aromatic rings. The van der Waals surface area contributed by atoms with Crippen LogP contribution >= 0.6 is 0 Å². The molecule has 0 aliphatic heterocycles. The number of nitrogens with two attached hydrogens (primary N) is 1. The van der Waals surface area contributed by atoms with E-state index >= 15 is 0 Å². The molecular formula is C26H25FN2O5. The van der Waals surface area contributed by atoms with E-state index in [1.807, 2.05) is 31.2 Å². The van der Waals surface area contributed by atoms with Crippen LogP contribution in [0.3, 0.4) is 0 Å². The largest absolute Gasteiger partial charge is 0.483 e. The molecule has 0 fully saturated rings. The number of rotatable bonds is 10. The first-order valence-electron chi connectivity index (χ1n) is 10.7. The monoisotopic (exact) mass is 464 g/mol. The van der Waals surface area contributed by atoms with E-state index in [0.29, 0.717) is 5.56 Å². The molecule has 0 aliphatic carbocycles. The normalized spacial score (nSPS) is 11.4. The van der Waals surface area contributed by atoms with Crippen LogP contribution in [-0.2, 0) is 20.7 Å². The molecule has 1 atom stereocenters. The van der Waals surface area contributed by atoms with Crippen LogP contribution in [0.4, 0.5) is 4.39 Å². The van der Waals surface area contributed by atoms with Gasteiger partial charge in [0.1, 0.15) is 17.1 Å². The van der Waals surface area contributed by atoms with Gasteiger partial charge in [-0.2, -0.15) is 0 Å². The van der Waals surface area contributed by atoms with E-state index in [1.54, 1.807) is 24.3 Å². The van der Waals surface area contributed by atoms with Gasteiger partial charge in [0, 0.05) is 0 Å². The molecule has 0 saturated heterocycles. The Bertz CT molecular complexity index is 1160. The molecule has 0 bridgehead atoms. The molecule has 0 heterocycles. The lowest BCUT2D eigenvalue weighted by Gasteiger charge is -2.20. The number of primary amides is 1. The van der Waals surface area contributed by atoms with Crippen LogP contribution in [0.15, 0.2) is 72.8 Å². The molecule has 0 aliphatic rings. The average molecular weight is 464 g/mol. The first-order chi connectivity index (χ1) is 16.4. The van der Waals surface area contributed by atoms with Crippen molar-refractivity contribution >= 4 is 17.8 Å². The number of aryl methyl sites for hydroxylation is 1. The minimum absolute atomic E-state index is 0.0494. The van der Waals surface area contributed by atoms with Crippen molar-refractivity contribution in [3.63, 3.8) is 0 Å². The Morgan fingerprint density at radius 1 is 0.941 bits per heavy atom. The highest BCUT2D eigenvalue weighted by molar-refractivity contribution is 5.94. The van der Waals surface area contributed by atoms with Crippen molar-refractivity contribution < 1.29 is 28.2 Å². The average Bonchev–Trinajstić information content (AvgIpc) is 2.84. The first-order valence-corrected chi connectivity index (χ1v) is 10.7. The number of nitrogens with one attached hydrogen (secondary N) is 1. The number of hydrogen-bond acceptors (Lipinski definition) is 5. The van der Waals surface area contributed by atoms with Crippen LogP contribution in [0.1, 0.15) is 40.0 Å². The summed E-state index contributed by atoms with van der Waals surface area (Å²) in [5, 5.41) is 2.80. The van der Waals surface area contributed by atoms with Gasteiger partial charge in [0.05, 0.1) is 6.04 Å². The number of hydrogen-bond donors (Lipinski definition) is 2. The Kier molecular flexibility index (Phi) is 8.34. The standard InChI is InChI=1S/C26H25FN2O5/c1-2-17-10-12-18(13-11-17)25(19-6-5-7-20(27)14-19)29-24(31)16-34-26(32)21-8-3-4-9-22(21)33-15-23(28)30/h3-14,25H,2,15-16H2,1H3,(H2,28,30)(H,29,31)/t25-/m0/s1. The zero-order chi connectivity index (χ0) is 24.5. The number of para-hydroxylation sites is 1. The fraction of sp³-hybridized carbons (Fsp3) is 0.192. The highest BCUT2D eigenvalue weighted by atomic mass is 19.1. The minimum atomic E-state index is -0.801. The molecule has 7 nitrogen and oxygen atoms in total. The maximum Gasteiger partial charge on any atom is 0.342 e. The van der Waals surface area contributed by atoms with E-state index in [9.17, 15) is 18.8 Å². The highest BCUT2D eigenvalue weighted by Crippen LogP contribution is 2.24. The lowest BCUT2D eigenvalue weighted by Crippen LogP contribution is -2.33. The summed E-state index contributed by atoms with van der Waals surface area (Å²) in [4.78, 5) is 36.1. The third kappa shape index (κ3) is 6.65. The van der Waals surface area contributed by atoms with Gasteiger partial charge in [0.25, 0.3) is 11.8 Å². The van der Waals surface area contributed by atoms with Crippen molar-refractivity contribution in [3.05, 3.63) is 101 Å². The summed E-state index contributed by atoms with van der Waals surface area (Å²) >= 11 is 0. The Hall–Kier alpha value is -4.20. The molecule has 3 aromatic carbocycles. The second-order valence-corrected chi connectivity index (χ2v) is 7.48. The molecule has 0 radical (unpaired) electrons. The second kappa shape index (κ2) is 11.6. The molecule has 34 heavy (non-hydrogen) atoms. The van der Waals surface area contributed by atoms with Crippen molar-refractivity contribution in [2.75, 3.05) is 13.2 Å². The molecule has 8 heteroatoms. The molecule has 0 unspecified atom stereocenters. The molecule has 3 N–H and O–H groups in total. The fourth-order valence-electron chi connectivity index (χ4n) is 3.31. The minimum Gasteiger partial charge on any atom is -0.483 e. The van der Waals surface area contributed by atoms with Gasteiger partial charge in [-0.25, -0.2) is 9.18 Å². The summed E-state index contributed by atoms with van der Waals surface area (Å²) in [7, 11) is 0. The van der Waals surface area contributed by atoms with Gasteiger partial charge in [0.2, 0.25) is 0 Å². The quantitative estimate of drug-likeness (QED) is 0.448. The zero-order valence-electron chi connectivity index (χ0n) is 18.6. The number of carbonyl (C=O) groups excluding carboxylic acids is 3. The van der Waals surface area contributed by atoms with E-state index in [0.717, 1.165) is 17.5 Å². The lowest BCUT2D eigenvalue weighted by atomic mass is 9.97. The van der Waals surface area contributed by atoms with Gasteiger partial charge in [0.15, 0.2) is 13.2 Å². The third-order valence-corrected chi connectivity index (χ3v) is 5.02. The number of ether oxygens (including phenoxy) is 2. The first kappa shape index (κ1) is 24.4. The van der Waals surface area contributed by atoms with E-state index in [2.05, 4.69) is 5.32 Å². The topological polar surface area (TPSA) is 108 Å². The van der Waals surface area contributed by atoms with E-state index < -0.39 is 42.9 Å². The predicted molar refractivity (Wildman–Crippen MR) is 124 cm³/mol. The SMILES string of the molecule is CCc1ccc([C@H](NC(=O)COC(=O)c2ccccc2OCC(N)=O)c2cccc(F)c2)cc1. The van der Waals surface area contributed by atoms with E-state index in [4.69, 9.17) is 15.2 Å². The van der Waals surface area contributed by atoms with E-state index in [1.165, 1.54) is 24.3 Å². The Morgan fingerprint density at radius 3 is 2.35 bits per heavy atom. The predicted octanol–water partition coefficient (Wildman–Crippen LogP) is 3.31. The second-order valence-electron chi connectivity index (χ2n) is 7.48. The summed E-state index contributed by atoms with van der Waals surface area (Å²) in [6.07, 6.45) is 0.859. The van der Waals surface area contributed by atoms with Crippen molar-refractivity contribution in [2.24, 2.45) is 5.73 Å². The van der Waals surface area contributed by atoms with Gasteiger partial charge >= 0.3 is 5.97 Å². The maximum atomic E-state index is 13.9. The summed E-state index contributed by atoms with van der Waals surface area (Å²) in [5.41, 5.74) is 7.56. The Morgan fingerprint density at radius 2 is 1.68 bits per heavy atom. The van der Waals surface area contributed by atoms with Gasteiger partial charge in [-0.1, -0.05) is 55.5 Å². The van der Waals surface area contributed by atoms with Crippen molar-refractivity contribution in [1.29, 1.82) is 0 Å². The van der Waals surface area contributed by atoms with Crippen molar-refractivity contribution in [3.8, 4) is 5.75 Å². The summed E-state index contributed by atoms with van der Waals surface area (Å²) < 4.78 is 24.2. The number of halogens is 1. The van der Waals surface area contributed by atoms with Gasteiger partial charge in [-0.3, -0.25) is 9.59 Å². The molecular weight excluding hydrogens is 439 g/mol. The van der Waals surface area contributed by atoms with Gasteiger partial charge < -0.3 is 20.5 Å². The van der Waals surface area contributed by atoms with Crippen LogP contribution in [0, 0.1) is 5.82 Å². The van der Waals surface area contributed by atoms with Crippen molar-refractivity contribution in [1.82, 2.24) is 5.32 Å². The summed E-state index contributed by atoms with van der Waals surface area (Å²) in [6, 6.07) is 19.1. The van der Waals surface area contributed by atoms with Gasteiger partial charge in [-0.05, 0) is 47.4 Å². The van der Waals surface area contributed by atoms with Crippen LogP contribution in [-0.4, -0.2) is 31.0 Å². The van der Waals surface area contributed by atoms with E-state index in [-0.39, 0.29) is 11.3 Å². The highest BCUT2D eigenvalue weighted by Gasteiger charge is 2.20. The molecule has 2 amide bonds. The smallest absolute Gasteiger partial charge is 0.342 e. The Labute approximate surface area is 196 Å². The van der Waals surface area contributed by atoms with Crippen LogP contribution in [0.2, 0.25) is 0 Å². The molecule has 3 rings (SSSR count). The zero-order valence-corrected chi connectivity index (χ0v) is 18.6. The van der Waals surface area contributed by atoms with Gasteiger partial charge in [-0.15, -0.1) is 0 Å². The summed E-state index contributed by atoms with van der Waals surface area (Å²) in [5.74, 6) is -2.39. The number of benzene rings is 3. The lowest BCUT2D eigenvalue weighted by molar-refractivity contribution is -0.124.